The van der Waals surface area contributed by atoms with E-state index in [9.17, 15) is 19.5 Å². The number of aliphatic hydroxyl groups is 1. The van der Waals surface area contributed by atoms with E-state index in [1.54, 1.807) is 36.4 Å². The van der Waals surface area contributed by atoms with Crippen molar-refractivity contribution in [1.29, 1.82) is 0 Å². The third kappa shape index (κ3) is 4.44. The zero-order valence-corrected chi connectivity index (χ0v) is 20.8. The zero-order chi connectivity index (χ0) is 26.0. The van der Waals surface area contributed by atoms with Gasteiger partial charge in [-0.2, -0.15) is 0 Å². The number of nitrogens with zero attached hydrogens (tertiary/aromatic N) is 1. The van der Waals surface area contributed by atoms with E-state index in [1.807, 2.05) is 43.8 Å². The van der Waals surface area contributed by atoms with E-state index in [1.165, 1.54) is 19.3 Å². The second kappa shape index (κ2) is 9.85. The number of ketones is 1. The maximum Gasteiger partial charge on any atom is 0.341 e. The minimum atomic E-state index is -0.686. The van der Waals surface area contributed by atoms with Crippen molar-refractivity contribution >= 4 is 34.2 Å². The third-order valence-electron chi connectivity index (χ3n) is 6.85. The number of rotatable bonds is 7. The number of carbonyl (C=O) groups is 3. The highest BCUT2D eigenvalue weighted by Crippen LogP contribution is 2.48. The lowest BCUT2D eigenvalue weighted by Gasteiger charge is -2.33. The van der Waals surface area contributed by atoms with Gasteiger partial charge in [0.2, 0.25) is 0 Å². The van der Waals surface area contributed by atoms with E-state index in [0.29, 0.717) is 11.1 Å². The van der Waals surface area contributed by atoms with Crippen LogP contribution >= 0.6 is 0 Å². The fourth-order valence-electron chi connectivity index (χ4n) is 4.88. The molecule has 0 saturated carbocycles. The van der Waals surface area contributed by atoms with Crippen molar-refractivity contribution in [2.75, 3.05) is 13.7 Å². The van der Waals surface area contributed by atoms with Gasteiger partial charge in [-0.05, 0) is 35.9 Å². The molecule has 1 N–H and O–H groups in total. The smallest absolute Gasteiger partial charge is 0.341 e. The number of hydrogen-bond donors (Lipinski definition) is 1. The largest absolute Gasteiger partial charge is 0.511 e. The number of benzene rings is 2. The molecule has 3 aromatic rings. The molecule has 7 nitrogen and oxygen atoms in total. The van der Waals surface area contributed by atoms with Gasteiger partial charge in [0.25, 0.3) is 0 Å². The molecule has 0 amide bonds. The molecule has 1 aliphatic carbocycles. The minimum absolute atomic E-state index is 0.0488. The molecule has 0 bridgehead atoms. The summed E-state index contributed by atoms with van der Waals surface area (Å²) in [6, 6.07) is 14.2. The first kappa shape index (κ1) is 25.0. The highest BCUT2D eigenvalue weighted by atomic mass is 16.5. The molecule has 1 aromatic heterocycles. The fraction of sp³-hybridized carbons (Fsp3) is 0.276. The van der Waals surface area contributed by atoms with E-state index in [-0.39, 0.29) is 30.1 Å². The van der Waals surface area contributed by atoms with Gasteiger partial charge in [-0.25, -0.2) is 9.59 Å². The number of methoxy groups -OCH3 is 1. The van der Waals surface area contributed by atoms with Crippen LogP contribution in [-0.2, 0) is 31.5 Å². The van der Waals surface area contributed by atoms with Crippen LogP contribution in [0.1, 0.15) is 41.8 Å². The highest BCUT2D eigenvalue weighted by Gasteiger charge is 2.43. The molecule has 2 aromatic carbocycles. The molecule has 0 saturated heterocycles. The lowest BCUT2D eigenvalue weighted by Crippen LogP contribution is -2.32. The van der Waals surface area contributed by atoms with E-state index >= 15 is 0 Å². The standard InChI is InChI=1S/C29H29NO6/c1-29(2)21(16-19(31)12-9-15-36-27(33)18-10-6-5-7-11-18)26(32)25(28(34)35-4)20-13-8-14-23-24(20)22(29)17-30(23)3/h5-14,17,21,32H,15-16H2,1-4H3/b12-9+. The fourth-order valence-corrected chi connectivity index (χ4v) is 4.88. The Kier molecular flexibility index (Phi) is 6.84. The first-order valence-electron chi connectivity index (χ1n) is 11.7. The van der Waals surface area contributed by atoms with Crippen LogP contribution in [0.5, 0.6) is 0 Å². The first-order chi connectivity index (χ1) is 17.2. The minimum Gasteiger partial charge on any atom is -0.511 e. The molecule has 1 unspecified atom stereocenters. The number of carbonyl (C=O) groups excluding carboxylic acids is 3. The molecule has 4 rings (SSSR count). The van der Waals surface area contributed by atoms with Gasteiger partial charge in [0.15, 0.2) is 5.78 Å². The average Bonchev–Trinajstić information content (AvgIpc) is 3.20. The second-order valence-electron chi connectivity index (χ2n) is 9.42. The molecule has 0 radical (unpaired) electrons. The summed E-state index contributed by atoms with van der Waals surface area (Å²) in [5.41, 5.74) is 2.24. The van der Waals surface area contributed by atoms with E-state index in [4.69, 9.17) is 9.47 Å². The van der Waals surface area contributed by atoms with Crippen LogP contribution in [-0.4, -0.2) is 41.1 Å². The number of esters is 2. The molecule has 1 aliphatic rings. The van der Waals surface area contributed by atoms with E-state index in [2.05, 4.69) is 0 Å². The molecule has 0 spiro atoms. The normalized spacial score (nSPS) is 16.7. The van der Waals surface area contributed by atoms with Gasteiger partial charge in [0.1, 0.15) is 17.9 Å². The quantitative estimate of drug-likeness (QED) is 0.376. The summed E-state index contributed by atoms with van der Waals surface area (Å²) in [4.78, 5) is 37.9. The Morgan fingerprint density at radius 3 is 2.47 bits per heavy atom. The molecular formula is C29H29NO6. The van der Waals surface area contributed by atoms with Crippen LogP contribution < -0.4 is 0 Å². The number of ether oxygens (including phenoxy) is 2. The predicted octanol–water partition coefficient (Wildman–Crippen LogP) is 4.90. The summed E-state index contributed by atoms with van der Waals surface area (Å²) >= 11 is 0. The third-order valence-corrected chi connectivity index (χ3v) is 6.85. The van der Waals surface area contributed by atoms with Gasteiger partial charge in [0, 0.05) is 47.5 Å². The van der Waals surface area contributed by atoms with E-state index < -0.39 is 23.3 Å². The number of aliphatic hydroxyl groups excluding tert-OH is 1. The Hall–Kier alpha value is -4.13. The Labute approximate surface area is 209 Å². The summed E-state index contributed by atoms with van der Waals surface area (Å²) < 4.78 is 12.2. The summed E-state index contributed by atoms with van der Waals surface area (Å²) in [5, 5.41) is 12.3. The molecule has 0 aliphatic heterocycles. The van der Waals surface area contributed by atoms with Gasteiger partial charge >= 0.3 is 11.9 Å². The molecule has 1 atom stereocenters. The molecule has 1 heterocycles. The molecule has 7 heteroatoms. The summed E-state index contributed by atoms with van der Waals surface area (Å²) in [7, 11) is 3.19. The number of hydrogen-bond acceptors (Lipinski definition) is 6. The maximum atomic E-state index is 13.0. The summed E-state index contributed by atoms with van der Waals surface area (Å²) in [6.07, 6.45) is 4.76. The number of aromatic nitrogens is 1. The zero-order valence-electron chi connectivity index (χ0n) is 20.8. The monoisotopic (exact) mass is 487 g/mol. The van der Waals surface area contributed by atoms with Gasteiger partial charge in [0.05, 0.1) is 12.7 Å². The second-order valence-corrected chi connectivity index (χ2v) is 9.42. The predicted molar refractivity (Wildman–Crippen MR) is 136 cm³/mol. The highest BCUT2D eigenvalue weighted by molar-refractivity contribution is 6.21. The van der Waals surface area contributed by atoms with E-state index in [0.717, 1.165) is 16.5 Å². The van der Waals surface area contributed by atoms with Crippen molar-refractivity contribution in [3.8, 4) is 0 Å². The van der Waals surface area contributed by atoms with Crippen LogP contribution in [0.15, 0.2) is 72.6 Å². The number of allylic oxidation sites excluding steroid dienone is 2. The van der Waals surface area contributed by atoms with Gasteiger partial charge in [-0.15, -0.1) is 0 Å². The molecule has 186 valence electrons. The average molecular weight is 488 g/mol. The van der Waals surface area contributed by atoms with Crippen LogP contribution in [0.3, 0.4) is 0 Å². The van der Waals surface area contributed by atoms with Gasteiger partial charge < -0.3 is 19.1 Å². The van der Waals surface area contributed by atoms with Crippen molar-refractivity contribution in [2.24, 2.45) is 13.0 Å². The number of aryl methyl sites for hydroxylation is 1. The molecule has 0 fully saturated rings. The van der Waals surface area contributed by atoms with Gasteiger partial charge in [-0.3, -0.25) is 4.79 Å². The Bertz CT molecular complexity index is 1390. The topological polar surface area (TPSA) is 94.8 Å². The molecule has 36 heavy (non-hydrogen) atoms. The van der Waals surface area contributed by atoms with Crippen molar-refractivity contribution in [1.82, 2.24) is 4.57 Å². The SMILES string of the molecule is COC(=O)C1=C(O)C(CC(=O)/C=C/COC(=O)c2ccccc2)C(C)(C)c2cn(C)c3cccc1c23. The van der Waals surface area contributed by atoms with Gasteiger partial charge in [-0.1, -0.05) is 44.2 Å². The Morgan fingerprint density at radius 1 is 1.06 bits per heavy atom. The van der Waals surface area contributed by atoms with Crippen LogP contribution in [0.4, 0.5) is 0 Å². The Morgan fingerprint density at radius 2 is 1.78 bits per heavy atom. The maximum absolute atomic E-state index is 13.0. The lowest BCUT2D eigenvalue weighted by atomic mass is 9.71. The van der Waals surface area contributed by atoms with Crippen molar-refractivity contribution in [2.45, 2.75) is 25.7 Å². The van der Waals surface area contributed by atoms with Crippen LogP contribution in [0.25, 0.3) is 16.5 Å². The lowest BCUT2D eigenvalue weighted by molar-refractivity contribution is -0.134. The first-order valence-corrected chi connectivity index (χ1v) is 11.7. The Balaban J connectivity index is 1.62. The van der Waals surface area contributed by atoms with Crippen molar-refractivity contribution < 1.29 is 29.0 Å². The van der Waals surface area contributed by atoms with Crippen molar-refractivity contribution in [3.05, 3.63) is 89.3 Å². The molecular weight excluding hydrogens is 458 g/mol. The summed E-state index contributed by atoms with van der Waals surface area (Å²) in [6.45, 7) is 3.85. The van der Waals surface area contributed by atoms with Crippen LogP contribution in [0, 0.1) is 5.92 Å². The summed E-state index contributed by atoms with van der Waals surface area (Å²) in [5.74, 6) is -2.26. The van der Waals surface area contributed by atoms with Crippen molar-refractivity contribution in [3.63, 3.8) is 0 Å². The van der Waals surface area contributed by atoms with Crippen LogP contribution in [0.2, 0.25) is 0 Å².